The molecule has 2 aromatic carbocycles. The van der Waals surface area contributed by atoms with Gasteiger partial charge in [0.15, 0.2) is 5.76 Å². The van der Waals surface area contributed by atoms with E-state index in [-0.39, 0.29) is 11.3 Å². The SMILES string of the molecule is COc1ccc(CNC(=O)CC2CCNCC2Cc2cc(-c3ccc(C(C)(C)C)cc3)on2)cc1. The number of rotatable bonds is 8. The first kappa shape index (κ1) is 25.0. The molecule has 1 saturated heterocycles. The number of nitrogens with zero attached hydrogens (tertiary/aromatic N) is 1. The highest BCUT2D eigenvalue weighted by molar-refractivity contribution is 5.76. The number of nitrogens with one attached hydrogen (secondary N) is 2. The van der Waals surface area contributed by atoms with Gasteiger partial charge in [-0.2, -0.15) is 0 Å². The van der Waals surface area contributed by atoms with E-state index in [2.05, 4.69) is 60.8 Å². The Balaban J connectivity index is 1.33. The molecule has 1 fully saturated rings. The maximum absolute atomic E-state index is 12.7. The Hall–Kier alpha value is -3.12. The van der Waals surface area contributed by atoms with Gasteiger partial charge >= 0.3 is 0 Å². The number of ether oxygens (including phenoxy) is 1. The molecule has 6 heteroatoms. The first-order valence-corrected chi connectivity index (χ1v) is 12.5. The zero-order chi connectivity index (χ0) is 24.8. The summed E-state index contributed by atoms with van der Waals surface area (Å²) in [7, 11) is 1.65. The van der Waals surface area contributed by atoms with E-state index < -0.39 is 0 Å². The normalized spacial score (nSPS) is 18.3. The number of carbonyl (C=O) groups is 1. The van der Waals surface area contributed by atoms with E-state index in [1.807, 2.05) is 30.3 Å². The van der Waals surface area contributed by atoms with Gasteiger partial charge in [0.05, 0.1) is 12.8 Å². The molecule has 6 nitrogen and oxygen atoms in total. The van der Waals surface area contributed by atoms with Crippen LogP contribution in [-0.4, -0.2) is 31.3 Å². The number of carbonyl (C=O) groups excluding carboxylic acids is 1. The maximum Gasteiger partial charge on any atom is 0.220 e. The standard InChI is InChI=1S/C29H37N3O3/c1-29(2,3)24-9-7-21(8-10-24)27-17-25(32-35-27)15-23-19-30-14-13-22(23)16-28(33)31-18-20-5-11-26(34-4)12-6-20/h5-12,17,22-23,30H,13-16,18-19H2,1-4H3,(H,31,33). The predicted molar refractivity (Wildman–Crippen MR) is 138 cm³/mol. The molecule has 2 atom stereocenters. The number of piperidine rings is 1. The van der Waals surface area contributed by atoms with E-state index in [1.165, 1.54) is 5.56 Å². The van der Waals surface area contributed by atoms with Crippen LogP contribution in [0.3, 0.4) is 0 Å². The molecule has 1 aromatic heterocycles. The molecule has 3 aromatic rings. The fourth-order valence-corrected chi connectivity index (χ4v) is 4.69. The lowest BCUT2D eigenvalue weighted by Crippen LogP contribution is -2.40. The number of amides is 1. The Morgan fingerprint density at radius 2 is 1.86 bits per heavy atom. The Morgan fingerprint density at radius 1 is 1.11 bits per heavy atom. The van der Waals surface area contributed by atoms with Crippen LogP contribution in [0, 0.1) is 11.8 Å². The summed E-state index contributed by atoms with van der Waals surface area (Å²) < 4.78 is 10.9. The van der Waals surface area contributed by atoms with E-state index in [0.29, 0.717) is 24.8 Å². The summed E-state index contributed by atoms with van der Waals surface area (Å²) in [5.74, 6) is 2.36. The number of benzene rings is 2. The summed E-state index contributed by atoms with van der Waals surface area (Å²) in [6.45, 7) is 8.99. The average molecular weight is 476 g/mol. The van der Waals surface area contributed by atoms with Crippen LogP contribution in [0.15, 0.2) is 59.1 Å². The molecule has 35 heavy (non-hydrogen) atoms. The summed E-state index contributed by atoms with van der Waals surface area (Å²) >= 11 is 0. The van der Waals surface area contributed by atoms with E-state index in [9.17, 15) is 4.79 Å². The second kappa shape index (κ2) is 11.1. The Kier molecular flexibility index (Phi) is 7.91. The number of aromatic nitrogens is 1. The summed E-state index contributed by atoms with van der Waals surface area (Å²) in [5, 5.41) is 10.9. The lowest BCUT2D eigenvalue weighted by molar-refractivity contribution is -0.122. The van der Waals surface area contributed by atoms with Gasteiger partial charge in [0.1, 0.15) is 5.75 Å². The van der Waals surface area contributed by atoms with Crippen LogP contribution in [0.5, 0.6) is 5.75 Å². The lowest BCUT2D eigenvalue weighted by atomic mass is 9.81. The largest absolute Gasteiger partial charge is 0.497 e. The van der Waals surface area contributed by atoms with Gasteiger partial charge in [-0.25, -0.2) is 0 Å². The van der Waals surface area contributed by atoms with Crippen LogP contribution in [0.2, 0.25) is 0 Å². The molecule has 0 saturated carbocycles. The van der Waals surface area contributed by atoms with E-state index >= 15 is 0 Å². The van der Waals surface area contributed by atoms with Gasteiger partial charge in [0.2, 0.25) is 5.91 Å². The van der Waals surface area contributed by atoms with Crippen molar-refractivity contribution in [2.24, 2.45) is 11.8 Å². The van der Waals surface area contributed by atoms with Gasteiger partial charge in [0, 0.05) is 24.6 Å². The molecule has 0 spiro atoms. The van der Waals surface area contributed by atoms with Crippen LogP contribution in [0.4, 0.5) is 0 Å². The first-order chi connectivity index (χ1) is 16.8. The Morgan fingerprint density at radius 3 is 2.54 bits per heavy atom. The number of hydrogen-bond acceptors (Lipinski definition) is 5. The third kappa shape index (κ3) is 6.73. The van der Waals surface area contributed by atoms with Crippen LogP contribution >= 0.6 is 0 Å². The molecule has 186 valence electrons. The molecule has 4 rings (SSSR count). The molecule has 1 aliphatic rings. The van der Waals surface area contributed by atoms with E-state index in [4.69, 9.17) is 9.26 Å². The van der Waals surface area contributed by atoms with Gasteiger partial charge in [-0.3, -0.25) is 4.79 Å². The lowest BCUT2D eigenvalue weighted by Gasteiger charge is -2.31. The highest BCUT2D eigenvalue weighted by atomic mass is 16.5. The minimum Gasteiger partial charge on any atom is -0.497 e. The zero-order valence-electron chi connectivity index (χ0n) is 21.3. The molecule has 1 amide bonds. The minimum atomic E-state index is 0.0949. The molecule has 2 unspecified atom stereocenters. The Labute approximate surface area is 208 Å². The summed E-state index contributed by atoms with van der Waals surface area (Å²) in [4.78, 5) is 12.7. The van der Waals surface area contributed by atoms with Crippen molar-refractivity contribution >= 4 is 5.91 Å². The third-order valence-corrected chi connectivity index (χ3v) is 6.93. The van der Waals surface area contributed by atoms with Crippen molar-refractivity contribution in [3.8, 4) is 17.1 Å². The molecule has 0 aliphatic carbocycles. The molecule has 2 N–H and O–H groups in total. The molecule has 2 heterocycles. The Bertz CT molecular complexity index is 1100. The third-order valence-electron chi connectivity index (χ3n) is 6.93. The summed E-state index contributed by atoms with van der Waals surface area (Å²) in [6, 6.07) is 18.3. The molecule has 0 bridgehead atoms. The quantitative estimate of drug-likeness (QED) is 0.473. The van der Waals surface area contributed by atoms with Gasteiger partial charge in [-0.15, -0.1) is 0 Å². The van der Waals surface area contributed by atoms with Crippen molar-refractivity contribution in [3.63, 3.8) is 0 Å². The molecular weight excluding hydrogens is 438 g/mol. The van der Waals surface area contributed by atoms with Gasteiger partial charge in [-0.1, -0.05) is 62.3 Å². The van der Waals surface area contributed by atoms with E-state index in [0.717, 1.165) is 54.3 Å². The fourth-order valence-electron chi connectivity index (χ4n) is 4.69. The monoisotopic (exact) mass is 475 g/mol. The molecular formula is C29H37N3O3. The highest BCUT2D eigenvalue weighted by Crippen LogP contribution is 2.29. The number of hydrogen-bond donors (Lipinski definition) is 2. The first-order valence-electron chi connectivity index (χ1n) is 12.5. The van der Waals surface area contributed by atoms with Crippen LogP contribution in [0.1, 0.15) is 50.4 Å². The second-order valence-corrected chi connectivity index (χ2v) is 10.6. The smallest absolute Gasteiger partial charge is 0.220 e. The second-order valence-electron chi connectivity index (χ2n) is 10.6. The van der Waals surface area contributed by atoms with Crippen LogP contribution in [-0.2, 0) is 23.2 Å². The molecule has 0 radical (unpaired) electrons. The summed E-state index contributed by atoms with van der Waals surface area (Å²) in [6.07, 6.45) is 2.31. The van der Waals surface area contributed by atoms with Gasteiger partial charge in [0.25, 0.3) is 0 Å². The van der Waals surface area contributed by atoms with Crippen molar-refractivity contribution in [1.29, 1.82) is 0 Å². The zero-order valence-corrected chi connectivity index (χ0v) is 21.3. The average Bonchev–Trinajstić information content (AvgIpc) is 3.32. The summed E-state index contributed by atoms with van der Waals surface area (Å²) in [5.41, 5.74) is 4.45. The van der Waals surface area contributed by atoms with Gasteiger partial charge < -0.3 is 19.9 Å². The van der Waals surface area contributed by atoms with Crippen molar-refractivity contribution in [3.05, 3.63) is 71.4 Å². The maximum atomic E-state index is 12.7. The topological polar surface area (TPSA) is 76.4 Å². The van der Waals surface area contributed by atoms with E-state index in [1.54, 1.807) is 7.11 Å². The van der Waals surface area contributed by atoms with Crippen molar-refractivity contribution < 1.29 is 14.1 Å². The highest BCUT2D eigenvalue weighted by Gasteiger charge is 2.28. The fraction of sp³-hybridized carbons (Fsp3) is 0.448. The van der Waals surface area contributed by atoms with Crippen LogP contribution in [0.25, 0.3) is 11.3 Å². The van der Waals surface area contributed by atoms with Gasteiger partial charge in [-0.05, 0) is 66.4 Å². The predicted octanol–water partition coefficient (Wildman–Crippen LogP) is 5.12. The van der Waals surface area contributed by atoms with Crippen molar-refractivity contribution in [2.75, 3.05) is 20.2 Å². The minimum absolute atomic E-state index is 0.0949. The van der Waals surface area contributed by atoms with Crippen molar-refractivity contribution in [2.45, 2.75) is 52.0 Å². The molecule has 1 aliphatic heterocycles. The van der Waals surface area contributed by atoms with Crippen LogP contribution < -0.4 is 15.4 Å². The van der Waals surface area contributed by atoms with Crippen molar-refractivity contribution in [1.82, 2.24) is 15.8 Å². The number of methoxy groups -OCH3 is 1.